The van der Waals surface area contributed by atoms with Gasteiger partial charge < -0.3 is 9.32 Å². The fourth-order valence-corrected chi connectivity index (χ4v) is 2.93. The Labute approximate surface area is 143 Å². The van der Waals surface area contributed by atoms with E-state index < -0.39 is 15.4 Å². The molecule has 130 valence electrons. The Kier molecular flexibility index (Phi) is 5.18. The van der Waals surface area contributed by atoms with Crippen molar-refractivity contribution < 1.29 is 17.6 Å². The third-order valence-electron chi connectivity index (χ3n) is 3.70. The van der Waals surface area contributed by atoms with E-state index in [-0.39, 0.29) is 18.2 Å². The molecule has 0 saturated carbocycles. The van der Waals surface area contributed by atoms with Crippen molar-refractivity contribution in [2.24, 2.45) is 0 Å². The number of carbonyl (C=O) groups excluding carboxylic acids is 1. The van der Waals surface area contributed by atoms with Crippen LogP contribution in [0.4, 0.5) is 0 Å². The average Bonchev–Trinajstić information content (AvgIpc) is 2.99. The molecular formula is C18H23NO4S. The highest BCUT2D eigenvalue weighted by atomic mass is 32.2. The Balaban J connectivity index is 2.31. The SMILES string of the molecule is CC(C)(C)N(CCS(C)(=O)=O)C(=O)c1cccc(-c2ccoc2)c1. The van der Waals surface area contributed by atoms with Crippen LogP contribution in [0.15, 0.2) is 47.3 Å². The lowest BCUT2D eigenvalue weighted by Gasteiger charge is -2.35. The van der Waals surface area contributed by atoms with Gasteiger partial charge in [-0.3, -0.25) is 4.79 Å². The summed E-state index contributed by atoms with van der Waals surface area (Å²) in [4.78, 5) is 14.5. The van der Waals surface area contributed by atoms with Gasteiger partial charge in [-0.25, -0.2) is 8.42 Å². The first kappa shape index (κ1) is 18.3. The van der Waals surface area contributed by atoms with Crippen LogP contribution >= 0.6 is 0 Å². The lowest BCUT2D eigenvalue weighted by molar-refractivity contribution is 0.0601. The lowest BCUT2D eigenvalue weighted by Crippen LogP contribution is -2.47. The molecule has 0 N–H and O–H groups in total. The largest absolute Gasteiger partial charge is 0.472 e. The van der Waals surface area contributed by atoms with Crippen molar-refractivity contribution in [3.63, 3.8) is 0 Å². The molecule has 0 aliphatic carbocycles. The van der Waals surface area contributed by atoms with Gasteiger partial charge in [-0.2, -0.15) is 0 Å². The monoisotopic (exact) mass is 349 g/mol. The summed E-state index contributed by atoms with van der Waals surface area (Å²) in [7, 11) is -3.15. The summed E-state index contributed by atoms with van der Waals surface area (Å²) in [6.45, 7) is 5.85. The number of carbonyl (C=O) groups is 1. The van der Waals surface area contributed by atoms with Crippen LogP contribution in [0.3, 0.4) is 0 Å². The molecule has 5 nitrogen and oxygen atoms in total. The highest BCUT2D eigenvalue weighted by Crippen LogP contribution is 2.23. The molecule has 0 aliphatic heterocycles. The van der Waals surface area contributed by atoms with E-state index in [2.05, 4.69) is 0 Å². The summed E-state index contributed by atoms with van der Waals surface area (Å²) in [6, 6.07) is 9.08. The van der Waals surface area contributed by atoms with Gasteiger partial charge in [0, 0.05) is 29.5 Å². The van der Waals surface area contributed by atoms with E-state index in [1.807, 2.05) is 39.0 Å². The molecule has 24 heavy (non-hydrogen) atoms. The van der Waals surface area contributed by atoms with Crippen molar-refractivity contribution in [3.05, 3.63) is 48.4 Å². The Morgan fingerprint density at radius 2 is 1.88 bits per heavy atom. The number of sulfone groups is 1. The zero-order valence-electron chi connectivity index (χ0n) is 14.4. The van der Waals surface area contributed by atoms with Gasteiger partial charge in [0.15, 0.2) is 0 Å². The van der Waals surface area contributed by atoms with Gasteiger partial charge in [0.1, 0.15) is 9.84 Å². The Bertz CT molecular complexity index is 802. The summed E-state index contributed by atoms with van der Waals surface area (Å²) < 4.78 is 28.1. The normalized spacial score (nSPS) is 12.2. The number of amides is 1. The number of furan rings is 1. The van der Waals surface area contributed by atoms with Crippen molar-refractivity contribution in [2.45, 2.75) is 26.3 Å². The summed E-state index contributed by atoms with van der Waals surface area (Å²) in [5, 5.41) is 0. The van der Waals surface area contributed by atoms with Crippen LogP contribution in [-0.4, -0.2) is 43.3 Å². The number of nitrogens with zero attached hydrogens (tertiary/aromatic N) is 1. The predicted octanol–water partition coefficient (Wildman–Crippen LogP) is 3.23. The fourth-order valence-electron chi connectivity index (χ4n) is 2.42. The minimum atomic E-state index is -3.15. The van der Waals surface area contributed by atoms with Crippen molar-refractivity contribution in [1.82, 2.24) is 4.90 Å². The molecular weight excluding hydrogens is 326 g/mol. The first-order valence-corrected chi connectivity index (χ1v) is 9.76. The van der Waals surface area contributed by atoms with Crippen LogP contribution in [0, 0.1) is 0 Å². The number of rotatable bonds is 5. The smallest absolute Gasteiger partial charge is 0.254 e. The second-order valence-corrected chi connectivity index (χ2v) is 9.11. The molecule has 6 heteroatoms. The van der Waals surface area contributed by atoms with Crippen LogP contribution in [0.5, 0.6) is 0 Å². The standard InChI is InChI=1S/C18H23NO4S/c1-18(2,3)19(9-11-24(4,21)22)17(20)15-7-5-6-14(12-15)16-8-10-23-13-16/h5-8,10,12-13H,9,11H2,1-4H3. The average molecular weight is 349 g/mol. The first-order chi connectivity index (χ1) is 11.1. The predicted molar refractivity (Wildman–Crippen MR) is 94.6 cm³/mol. The minimum Gasteiger partial charge on any atom is -0.472 e. The highest BCUT2D eigenvalue weighted by Gasteiger charge is 2.28. The Morgan fingerprint density at radius 1 is 1.17 bits per heavy atom. The van der Waals surface area contributed by atoms with Crippen LogP contribution in [0.25, 0.3) is 11.1 Å². The third kappa shape index (κ3) is 4.71. The Hall–Kier alpha value is -2.08. The van der Waals surface area contributed by atoms with Gasteiger partial charge in [-0.15, -0.1) is 0 Å². The van der Waals surface area contributed by atoms with Crippen LogP contribution in [0.1, 0.15) is 31.1 Å². The van der Waals surface area contributed by atoms with E-state index in [0.717, 1.165) is 11.1 Å². The van der Waals surface area contributed by atoms with Gasteiger partial charge in [0.25, 0.3) is 5.91 Å². The van der Waals surface area contributed by atoms with Crippen molar-refractivity contribution >= 4 is 15.7 Å². The molecule has 2 aromatic rings. The van der Waals surface area contributed by atoms with E-state index in [1.165, 1.54) is 6.26 Å². The third-order valence-corrected chi connectivity index (χ3v) is 4.63. The fraction of sp³-hybridized carbons (Fsp3) is 0.389. The molecule has 0 bridgehead atoms. The number of benzene rings is 1. The van der Waals surface area contributed by atoms with Gasteiger partial charge in [0.05, 0.1) is 18.3 Å². The summed E-state index contributed by atoms with van der Waals surface area (Å²) in [5.41, 5.74) is 1.82. The molecule has 1 aromatic carbocycles. The number of hydrogen-bond acceptors (Lipinski definition) is 4. The number of hydrogen-bond donors (Lipinski definition) is 0. The molecule has 0 spiro atoms. The van der Waals surface area contributed by atoms with Gasteiger partial charge in [-0.05, 0) is 44.5 Å². The molecule has 1 aromatic heterocycles. The minimum absolute atomic E-state index is 0.0581. The molecule has 0 fully saturated rings. The molecule has 0 radical (unpaired) electrons. The summed E-state index contributed by atoms with van der Waals surface area (Å²) >= 11 is 0. The van der Waals surface area contributed by atoms with Crippen molar-refractivity contribution in [1.29, 1.82) is 0 Å². The molecule has 1 heterocycles. The van der Waals surface area contributed by atoms with Crippen LogP contribution in [-0.2, 0) is 9.84 Å². The lowest BCUT2D eigenvalue weighted by atomic mass is 10.0. The van der Waals surface area contributed by atoms with E-state index in [1.54, 1.807) is 29.6 Å². The van der Waals surface area contributed by atoms with Crippen LogP contribution < -0.4 is 0 Å². The first-order valence-electron chi connectivity index (χ1n) is 7.70. The maximum Gasteiger partial charge on any atom is 0.254 e. The van der Waals surface area contributed by atoms with Crippen molar-refractivity contribution in [2.75, 3.05) is 18.6 Å². The van der Waals surface area contributed by atoms with E-state index in [4.69, 9.17) is 4.42 Å². The maximum absolute atomic E-state index is 12.9. The topological polar surface area (TPSA) is 67.6 Å². The van der Waals surface area contributed by atoms with Crippen LogP contribution in [0.2, 0.25) is 0 Å². The Morgan fingerprint density at radius 3 is 2.42 bits per heavy atom. The molecule has 0 unspecified atom stereocenters. The second-order valence-electron chi connectivity index (χ2n) is 6.85. The van der Waals surface area contributed by atoms with Crippen molar-refractivity contribution in [3.8, 4) is 11.1 Å². The van der Waals surface area contributed by atoms with Gasteiger partial charge in [0.2, 0.25) is 0 Å². The molecule has 0 atom stereocenters. The molecule has 2 rings (SSSR count). The second kappa shape index (κ2) is 6.81. The van der Waals surface area contributed by atoms with Gasteiger partial charge in [-0.1, -0.05) is 12.1 Å². The maximum atomic E-state index is 12.9. The summed E-state index contributed by atoms with van der Waals surface area (Å²) in [5.74, 6) is -0.242. The summed E-state index contributed by atoms with van der Waals surface area (Å²) in [6.07, 6.45) is 4.38. The quantitative estimate of drug-likeness (QED) is 0.831. The zero-order chi connectivity index (χ0) is 18.0. The molecule has 0 aliphatic rings. The van der Waals surface area contributed by atoms with E-state index >= 15 is 0 Å². The highest BCUT2D eigenvalue weighted by molar-refractivity contribution is 7.90. The molecule has 0 saturated heterocycles. The zero-order valence-corrected chi connectivity index (χ0v) is 15.3. The van der Waals surface area contributed by atoms with E-state index in [0.29, 0.717) is 5.56 Å². The van der Waals surface area contributed by atoms with Gasteiger partial charge >= 0.3 is 0 Å². The van der Waals surface area contributed by atoms with E-state index in [9.17, 15) is 13.2 Å². The molecule has 1 amide bonds.